The van der Waals surface area contributed by atoms with Crippen molar-refractivity contribution < 1.29 is 14.3 Å². The minimum Gasteiger partial charge on any atom is -0.493 e. The molecule has 4 rings (SSSR count). The summed E-state index contributed by atoms with van der Waals surface area (Å²) in [4.78, 5) is 17.5. The number of nitrogens with zero attached hydrogens (tertiary/aromatic N) is 2. The molecule has 3 aromatic rings. The van der Waals surface area contributed by atoms with E-state index >= 15 is 0 Å². The molecule has 1 saturated heterocycles. The first kappa shape index (κ1) is 24.2. The summed E-state index contributed by atoms with van der Waals surface area (Å²) in [5.41, 5.74) is 3.75. The van der Waals surface area contributed by atoms with Crippen molar-refractivity contribution >= 4 is 34.8 Å². The third-order valence-electron chi connectivity index (χ3n) is 5.88. The second-order valence-electron chi connectivity index (χ2n) is 8.21. The first-order chi connectivity index (χ1) is 16.4. The molecule has 0 aliphatic carbocycles. The van der Waals surface area contributed by atoms with Crippen LogP contribution in [0.1, 0.15) is 28.4 Å². The van der Waals surface area contributed by atoms with Crippen LogP contribution in [0.15, 0.2) is 60.7 Å². The van der Waals surface area contributed by atoms with Crippen molar-refractivity contribution in [3.05, 3.63) is 87.4 Å². The van der Waals surface area contributed by atoms with Gasteiger partial charge < -0.3 is 19.3 Å². The van der Waals surface area contributed by atoms with Gasteiger partial charge in [-0.2, -0.15) is 0 Å². The SMILES string of the molecule is CCOc1ccc(C(=O)N2CCN(c3cc(Cl)ccc3C)CC2)cc1COc1cccc(Cl)c1. The number of aryl methyl sites for hydroxylation is 1. The molecule has 7 heteroatoms. The molecule has 1 amide bonds. The van der Waals surface area contributed by atoms with Crippen molar-refractivity contribution in [1.29, 1.82) is 0 Å². The van der Waals surface area contributed by atoms with Crippen molar-refractivity contribution in [1.82, 2.24) is 4.90 Å². The number of anilines is 1. The average molecular weight is 499 g/mol. The molecule has 1 fully saturated rings. The van der Waals surface area contributed by atoms with Crippen molar-refractivity contribution in [3.8, 4) is 11.5 Å². The molecule has 5 nitrogen and oxygen atoms in total. The van der Waals surface area contributed by atoms with Gasteiger partial charge in [0, 0.05) is 53.0 Å². The van der Waals surface area contributed by atoms with E-state index < -0.39 is 0 Å². The van der Waals surface area contributed by atoms with Crippen LogP contribution < -0.4 is 14.4 Å². The Morgan fingerprint density at radius 2 is 1.68 bits per heavy atom. The molecule has 0 bridgehead atoms. The number of hydrogen-bond donors (Lipinski definition) is 0. The van der Waals surface area contributed by atoms with Crippen LogP contribution >= 0.6 is 23.2 Å². The Balaban J connectivity index is 1.45. The van der Waals surface area contributed by atoms with E-state index in [9.17, 15) is 4.79 Å². The number of amides is 1. The molecule has 34 heavy (non-hydrogen) atoms. The fourth-order valence-electron chi connectivity index (χ4n) is 4.10. The molecule has 0 N–H and O–H groups in total. The van der Waals surface area contributed by atoms with Crippen LogP contribution in [0, 0.1) is 6.92 Å². The van der Waals surface area contributed by atoms with Gasteiger partial charge in [-0.3, -0.25) is 4.79 Å². The van der Waals surface area contributed by atoms with E-state index in [1.807, 2.05) is 60.4 Å². The summed E-state index contributed by atoms with van der Waals surface area (Å²) in [6, 6.07) is 18.7. The third-order valence-corrected chi connectivity index (χ3v) is 6.35. The van der Waals surface area contributed by atoms with Crippen LogP contribution in [-0.4, -0.2) is 43.6 Å². The second-order valence-corrected chi connectivity index (χ2v) is 9.08. The second kappa shape index (κ2) is 11.0. The largest absolute Gasteiger partial charge is 0.493 e. The molecule has 0 spiro atoms. The third kappa shape index (κ3) is 5.78. The lowest BCUT2D eigenvalue weighted by molar-refractivity contribution is 0.0746. The van der Waals surface area contributed by atoms with Crippen LogP contribution in [0.2, 0.25) is 10.0 Å². The maximum Gasteiger partial charge on any atom is 0.253 e. The first-order valence-corrected chi connectivity index (χ1v) is 12.1. The van der Waals surface area contributed by atoms with Gasteiger partial charge in [0.05, 0.1) is 6.61 Å². The average Bonchev–Trinajstić information content (AvgIpc) is 2.85. The van der Waals surface area contributed by atoms with E-state index in [0.29, 0.717) is 41.8 Å². The number of benzene rings is 3. The van der Waals surface area contributed by atoms with Crippen molar-refractivity contribution in [2.24, 2.45) is 0 Å². The smallest absolute Gasteiger partial charge is 0.253 e. The van der Waals surface area contributed by atoms with E-state index in [0.717, 1.165) is 29.4 Å². The lowest BCUT2D eigenvalue weighted by atomic mass is 10.1. The van der Waals surface area contributed by atoms with Crippen molar-refractivity contribution in [2.45, 2.75) is 20.5 Å². The Hall–Kier alpha value is -2.89. The molecule has 0 atom stereocenters. The Bertz CT molecular complexity index is 1160. The standard InChI is InChI=1S/C27H28Cl2N2O3/c1-3-33-26-10-8-20(15-21(26)18-34-24-6-4-5-22(28)16-24)27(32)31-13-11-30(12-14-31)25-17-23(29)9-7-19(25)2/h4-10,15-17H,3,11-14,18H2,1-2H3. The maximum atomic E-state index is 13.3. The molecule has 1 aliphatic rings. The predicted molar refractivity (Wildman–Crippen MR) is 138 cm³/mol. The summed E-state index contributed by atoms with van der Waals surface area (Å²) in [7, 11) is 0. The Morgan fingerprint density at radius 3 is 2.41 bits per heavy atom. The highest BCUT2D eigenvalue weighted by molar-refractivity contribution is 6.31. The number of piperazine rings is 1. The Labute approximate surface area is 210 Å². The van der Waals surface area contributed by atoms with Crippen LogP contribution in [0.4, 0.5) is 5.69 Å². The number of carbonyl (C=O) groups excluding carboxylic acids is 1. The van der Waals surface area contributed by atoms with Gasteiger partial charge in [-0.25, -0.2) is 0 Å². The van der Waals surface area contributed by atoms with Gasteiger partial charge in [-0.15, -0.1) is 0 Å². The Morgan fingerprint density at radius 1 is 0.912 bits per heavy atom. The minimum absolute atomic E-state index is 0.00881. The van der Waals surface area contributed by atoms with Gasteiger partial charge in [-0.05, 0) is 67.9 Å². The predicted octanol–water partition coefficient (Wildman–Crippen LogP) is 6.24. The monoisotopic (exact) mass is 498 g/mol. The molecule has 1 aliphatic heterocycles. The minimum atomic E-state index is 0.00881. The van der Waals surface area contributed by atoms with Crippen LogP contribution in [0.3, 0.4) is 0 Å². The molecule has 0 saturated carbocycles. The van der Waals surface area contributed by atoms with Crippen molar-refractivity contribution in [3.63, 3.8) is 0 Å². The zero-order valence-electron chi connectivity index (χ0n) is 19.4. The number of halogens is 2. The zero-order valence-corrected chi connectivity index (χ0v) is 20.9. The summed E-state index contributed by atoms with van der Waals surface area (Å²) >= 11 is 12.3. The highest BCUT2D eigenvalue weighted by atomic mass is 35.5. The number of ether oxygens (including phenoxy) is 2. The highest BCUT2D eigenvalue weighted by Crippen LogP contribution is 2.27. The lowest BCUT2D eigenvalue weighted by Crippen LogP contribution is -2.49. The van der Waals surface area contributed by atoms with E-state index in [1.54, 1.807) is 12.1 Å². The topological polar surface area (TPSA) is 42.0 Å². The van der Waals surface area contributed by atoms with E-state index in [-0.39, 0.29) is 12.5 Å². The molecule has 178 valence electrons. The molecular weight excluding hydrogens is 471 g/mol. The van der Waals surface area contributed by atoms with Crippen molar-refractivity contribution in [2.75, 3.05) is 37.7 Å². The maximum absolute atomic E-state index is 13.3. The van der Waals surface area contributed by atoms with E-state index in [4.69, 9.17) is 32.7 Å². The molecule has 0 aromatic heterocycles. The normalized spacial score (nSPS) is 13.6. The Kier molecular flexibility index (Phi) is 7.86. The van der Waals surface area contributed by atoms with Crippen LogP contribution in [0.25, 0.3) is 0 Å². The summed E-state index contributed by atoms with van der Waals surface area (Å²) in [5.74, 6) is 1.39. The van der Waals surface area contributed by atoms with Gasteiger partial charge in [0.25, 0.3) is 5.91 Å². The molecule has 0 radical (unpaired) electrons. The zero-order chi connectivity index (χ0) is 24.1. The van der Waals surface area contributed by atoms with Gasteiger partial charge in [0.2, 0.25) is 0 Å². The highest BCUT2D eigenvalue weighted by Gasteiger charge is 2.24. The molecular formula is C27H28Cl2N2O3. The molecule has 1 heterocycles. The quantitative estimate of drug-likeness (QED) is 0.386. The lowest BCUT2D eigenvalue weighted by Gasteiger charge is -2.37. The van der Waals surface area contributed by atoms with Crippen LogP contribution in [0.5, 0.6) is 11.5 Å². The number of rotatable bonds is 7. The fourth-order valence-corrected chi connectivity index (χ4v) is 4.44. The van der Waals surface area contributed by atoms with Gasteiger partial charge in [0.15, 0.2) is 0 Å². The summed E-state index contributed by atoms with van der Waals surface area (Å²) in [6.45, 7) is 7.63. The van der Waals surface area contributed by atoms with Gasteiger partial charge >= 0.3 is 0 Å². The van der Waals surface area contributed by atoms with E-state index in [2.05, 4.69) is 11.8 Å². The first-order valence-electron chi connectivity index (χ1n) is 11.4. The summed E-state index contributed by atoms with van der Waals surface area (Å²) < 4.78 is 11.7. The summed E-state index contributed by atoms with van der Waals surface area (Å²) in [5, 5.41) is 1.33. The fraction of sp³-hybridized carbons (Fsp3) is 0.296. The molecule has 0 unspecified atom stereocenters. The number of carbonyl (C=O) groups is 1. The van der Waals surface area contributed by atoms with Crippen LogP contribution in [-0.2, 0) is 6.61 Å². The van der Waals surface area contributed by atoms with E-state index in [1.165, 1.54) is 5.56 Å². The summed E-state index contributed by atoms with van der Waals surface area (Å²) in [6.07, 6.45) is 0. The van der Waals surface area contributed by atoms with Gasteiger partial charge in [-0.1, -0.05) is 35.3 Å². The number of hydrogen-bond acceptors (Lipinski definition) is 4. The molecule has 3 aromatic carbocycles. The van der Waals surface area contributed by atoms with Gasteiger partial charge in [0.1, 0.15) is 18.1 Å².